The van der Waals surface area contributed by atoms with Gasteiger partial charge in [-0.1, -0.05) is 19.8 Å². The van der Waals surface area contributed by atoms with Crippen molar-refractivity contribution in [3.8, 4) is 0 Å². The highest BCUT2D eigenvalue weighted by Crippen LogP contribution is 2.56. The van der Waals surface area contributed by atoms with Crippen LogP contribution < -0.4 is 5.32 Å². The van der Waals surface area contributed by atoms with E-state index in [0.29, 0.717) is 17.7 Å². The first-order valence-electron chi connectivity index (χ1n) is 8.80. The molecule has 3 heteroatoms. The van der Waals surface area contributed by atoms with E-state index in [2.05, 4.69) is 17.1 Å². The lowest BCUT2D eigenvalue weighted by Crippen LogP contribution is -2.42. The van der Waals surface area contributed by atoms with E-state index in [-0.39, 0.29) is 0 Å². The maximum Gasteiger partial charge on any atom is 0.226 e. The SMILES string of the molecule is CCCN(CC1CCCNC1)C(=O)C1C2CCCCC21. The number of carbonyl (C=O) groups excluding carboxylic acids is 1. The van der Waals surface area contributed by atoms with Crippen molar-refractivity contribution in [2.24, 2.45) is 23.7 Å². The van der Waals surface area contributed by atoms with Crippen LogP contribution >= 0.6 is 0 Å². The molecule has 1 saturated heterocycles. The summed E-state index contributed by atoms with van der Waals surface area (Å²) in [6, 6.07) is 0. The standard InChI is InChI=1S/C17H30N2O/c1-2-10-19(12-13-6-5-9-18-11-13)17(20)16-14-7-3-4-8-15(14)16/h13-16,18H,2-12H2,1H3. The third-order valence-corrected chi connectivity index (χ3v) is 5.62. The molecule has 0 aromatic heterocycles. The quantitative estimate of drug-likeness (QED) is 0.838. The van der Waals surface area contributed by atoms with E-state index >= 15 is 0 Å². The molecule has 3 atom stereocenters. The van der Waals surface area contributed by atoms with Crippen molar-refractivity contribution < 1.29 is 4.79 Å². The molecule has 1 heterocycles. The molecule has 3 nitrogen and oxygen atoms in total. The molecule has 2 aliphatic carbocycles. The number of rotatable bonds is 5. The third-order valence-electron chi connectivity index (χ3n) is 5.62. The molecular weight excluding hydrogens is 248 g/mol. The molecule has 1 aliphatic heterocycles. The number of carbonyl (C=O) groups is 1. The Balaban J connectivity index is 1.56. The van der Waals surface area contributed by atoms with Gasteiger partial charge < -0.3 is 10.2 Å². The van der Waals surface area contributed by atoms with Crippen LogP contribution in [0, 0.1) is 23.7 Å². The number of amides is 1. The monoisotopic (exact) mass is 278 g/mol. The topological polar surface area (TPSA) is 32.3 Å². The highest BCUT2D eigenvalue weighted by Gasteiger charge is 2.55. The second-order valence-corrected chi connectivity index (χ2v) is 7.13. The van der Waals surface area contributed by atoms with Crippen LogP contribution in [0.2, 0.25) is 0 Å². The van der Waals surface area contributed by atoms with Gasteiger partial charge >= 0.3 is 0 Å². The van der Waals surface area contributed by atoms with Gasteiger partial charge in [-0.3, -0.25) is 4.79 Å². The van der Waals surface area contributed by atoms with Gasteiger partial charge in [-0.25, -0.2) is 0 Å². The molecule has 0 aromatic rings. The van der Waals surface area contributed by atoms with E-state index < -0.39 is 0 Å². The smallest absolute Gasteiger partial charge is 0.226 e. The minimum Gasteiger partial charge on any atom is -0.342 e. The molecule has 0 bridgehead atoms. The molecule has 3 rings (SSSR count). The Kier molecular flexibility index (Phi) is 4.65. The number of nitrogens with zero attached hydrogens (tertiary/aromatic N) is 1. The molecule has 1 amide bonds. The van der Waals surface area contributed by atoms with Gasteiger partial charge in [0.15, 0.2) is 0 Å². The van der Waals surface area contributed by atoms with Crippen molar-refractivity contribution >= 4 is 5.91 Å². The molecule has 20 heavy (non-hydrogen) atoms. The maximum absolute atomic E-state index is 12.8. The van der Waals surface area contributed by atoms with E-state index in [1.807, 2.05) is 0 Å². The number of piperidine rings is 1. The first kappa shape index (κ1) is 14.4. The molecule has 2 saturated carbocycles. The minimum absolute atomic E-state index is 0.403. The minimum atomic E-state index is 0.403. The van der Waals surface area contributed by atoms with Gasteiger partial charge in [0.05, 0.1) is 0 Å². The highest BCUT2D eigenvalue weighted by atomic mass is 16.2. The van der Waals surface area contributed by atoms with Gasteiger partial charge in [-0.15, -0.1) is 0 Å². The van der Waals surface area contributed by atoms with Crippen LogP contribution in [0.1, 0.15) is 51.9 Å². The lowest BCUT2D eigenvalue weighted by Gasteiger charge is -2.30. The van der Waals surface area contributed by atoms with Crippen molar-refractivity contribution in [1.82, 2.24) is 10.2 Å². The summed E-state index contributed by atoms with van der Waals surface area (Å²) < 4.78 is 0. The number of fused-ring (bicyclic) bond motifs is 1. The predicted octanol–water partition coefficient (Wildman–Crippen LogP) is 2.66. The lowest BCUT2D eigenvalue weighted by molar-refractivity contribution is -0.134. The van der Waals surface area contributed by atoms with Crippen molar-refractivity contribution in [3.63, 3.8) is 0 Å². The maximum atomic E-state index is 12.8. The molecule has 3 fully saturated rings. The zero-order chi connectivity index (χ0) is 13.9. The molecule has 1 N–H and O–H groups in total. The summed E-state index contributed by atoms with van der Waals surface area (Å²) in [5.74, 6) is 3.08. The Morgan fingerprint density at radius 3 is 2.50 bits per heavy atom. The van der Waals surface area contributed by atoms with Crippen molar-refractivity contribution in [3.05, 3.63) is 0 Å². The van der Waals surface area contributed by atoms with Crippen LogP contribution in [-0.2, 0) is 4.79 Å². The fraction of sp³-hybridized carbons (Fsp3) is 0.941. The Morgan fingerprint density at radius 1 is 1.15 bits per heavy atom. The second-order valence-electron chi connectivity index (χ2n) is 7.13. The first-order valence-corrected chi connectivity index (χ1v) is 8.80. The van der Waals surface area contributed by atoms with Crippen molar-refractivity contribution in [1.29, 1.82) is 0 Å². The van der Waals surface area contributed by atoms with E-state index in [0.717, 1.165) is 44.4 Å². The van der Waals surface area contributed by atoms with Crippen molar-refractivity contribution in [2.45, 2.75) is 51.9 Å². The fourth-order valence-electron chi connectivity index (χ4n) is 4.52. The fourth-order valence-corrected chi connectivity index (χ4v) is 4.52. The van der Waals surface area contributed by atoms with Gasteiger partial charge in [0, 0.05) is 19.0 Å². The average molecular weight is 278 g/mol. The summed E-state index contributed by atoms with van der Waals surface area (Å²) >= 11 is 0. The molecule has 0 aromatic carbocycles. The molecule has 114 valence electrons. The highest BCUT2D eigenvalue weighted by molar-refractivity contribution is 5.82. The summed E-state index contributed by atoms with van der Waals surface area (Å²) in [5.41, 5.74) is 0. The lowest BCUT2D eigenvalue weighted by atomic mass is 9.98. The van der Waals surface area contributed by atoms with E-state index in [4.69, 9.17) is 0 Å². The van der Waals surface area contributed by atoms with Crippen LogP contribution in [0.3, 0.4) is 0 Å². The molecule has 3 unspecified atom stereocenters. The number of hydrogen-bond acceptors (Lipinski definition) is 2. The van der Waals surface area contributed by atoms with Gasteiger partial charge in [0.2, 0.25) is 5.91 Å². The largest absolute Gasteiger partial charge is 0.342 e. The summed E-state index contributed by atoms with van der Waals surface area (Å²) in [5, 5.41) is 3.48. The third kappa shape index (κ3) is 3.03. The van der Waals surface area contributed by atoms with Crippen molar-refractivity contribution in [2.75, 3.05) is 26.2 Å². The number of hydrogen-bond donors (Lipinski definition) is 1. The summed E-state index contributed by atoms with van der Waals surface area (Å²) in [6.45, 7) is 6.41. The van der Waals surface area contributed by atoms with Gasteiger partial charge in [-0.05, 0) is 62.9 Å². The van der Waals surface area contributed by atoms with Crippen LogP contribution in [0.15, 0.2) is 0 Å². The van der Waals surface area contributed by atoms with E-state index in [1.165, 1.54) is 38.5 Å². The molecular formula is C17H30N2O. The van der Waals surface area contributed by atoms with Gasteiger partial charge in [-0.2, -0.15) is 0 Å². The van der Waals surface area contributed by atoms with Gasteiger partial charge in [0.25, 0.3) is 0 Å². The summed E-state index contributed by atoms with van der Waals surface area (Å²) in [6.07, 6.45) is 8.98. The average Bonchev–Trinajstić information content (AvgIpc) is 3.21. The predicted molar refractivity (Wildman–Crippen MR) is 81.4 cm³/mol. The number of nitrogens with one attached hydrogen (secondary N) is 1. The summed E-state index contributed by atoms with van der Waals surface area (Å²) in [4.78, 5) is 15.1. The van der Waals surface area contributed by atoms with Crippen LogP contribution in [0.4, 0.5) is 0 Å². The van der Waals surface area contributed by atoms with Crippen LogP contribution in [0.5, 0.6) is 0 Å². The van der Waals surface area contributed by atoms with Crippen LogP contribution in [-0.4, -0.2) is 37.0 Å². The molecule has 0 radical (unpaired) electrons. The van der Waals surface area contributed by atoms with E-state index in [1.54, 1.807) is 0 Å². The zero-order valence-electron chi connectivity index (χ0n) is 12.9. The van der Waals surface area contributed by atoms with E-state index in [9.17, 15) is 4.79 Å². The Bertz CT molecular complexity index is 326. The van der Waals surface area contributed by atoms with Crippen LogP contribution in [0.25, 0.3) is 0 Å². The molecule has 3 aliphatic rings. The molecule has 0 spiro atoms. The summed E-state index contributed by atoms with van der Waals surface area (Å²) in [7, 11) is 0. The zero-order valence-corrected chi connectivity index (χ0v) is 12.9. The Labute approximate surface area is 123 Å². The second kappa shape index (κ2) is 6.46. The normalized spacial score (nSPS) is 36.2. The Morgan fingerprint density at radius 2 is 1.90 bits per heavy atom. The van der Waals surface area contributed by atoms with Gasteiger partial charge in [0.1, 0.15) is 0 Å². The Hall–Kier alpha value is -0.570. The first-order chi connectivity index (χ1) is 9.81.